The third kappa shape index (κ3) is 7.17. The Morgan fingerprint density at radius 2 is 1.57 bits per heavy atom. The van der Waals surface area contributed by atoms with Crippen molar-refractivity contribution >= 4 is 45.8 Å². The topological polar surface area (TPSA) is 184 Å². The van der Waals surface area contributed by atoms with Crippen molar-refractivity contribution < 1.29 is 33.4 Å². The zero-order chi connectivity index (χ0) is 38.9. The molecule has 15 heteroatoms. The van der Waals surface area contributed by atoms with E-state index >= 15 is 0 Å². The molecule has 8 rings (SSSR count). The van der Waals surface area contributed by atoms with E-state index in [1.165, 1.54) is 14.2 Å². The molecule has 0 radical (unpaired) electrons. The summed E-state index contributed by atoms with van der Waals surface area (Å²) in [5.41, 5.74) is 6.70. The number of carbonyl (C=O) groups excluding carboxylic acids is 4. The maximum absolute atomic E-state index is 13.8. The number of allylic oxidation sites excluding steroid dienone is 1. The molecule has 3 aromatic carbocycles. The molecule has 4 heterocycles. The maximum atomic E-state index is 13.8. The Kier molecular flexibility index (Phi) is 10.2. The molecule has 0 unspecified atom stereocenters. The Balaban J connectivity index is 0.993. The lowest BCUT2D eigenvalue weighted by Gasteiger charge is -2.36. The van der Waals surface area contributed by atoms with E-state index in [1.807, 2.05) is 12.1 Å². The highest BCUT2D eigenvalue weighted by Crippen LogP contribution is 2.35. The average Bonchev–Trinajstić information content (AvgIpc) is 3.99. The number of H-pyrrole nitrogens is 2. The van der Waals surface area contributed by atoms with E-state index in [0.717, 1.165) is 81.9 Å². The summed E-state index contributed by atoms with van der Waals surface area (Å²) in [4.78, 5) is 70.7. The van der Waals surface area contributed by atoms with E-state index in [9.17, 15) is 19.2 Å². The lowest BCUT2D eigenvalue weighted by Crippen LogP contribution is -2.47. The number of alkyl carbamates (subject to hydrolysis) is 2. The molecule has 5 aromatic rings. The fourth-order valence-electron chi connectivity index (χ4n) is 7.74. The van der Waals surface area contributed by atoms with Crippen LogP contribution in [0.25, 0.3) is 44.2 Å². The minimum absolute atomic E-state index is 0.177. The normalized spacial score (nSPS) is 18.7. The summed E-state index contributed by atoms with van der Waals surface area (Å²) < 4.78 is 15.3. The highest BCUT2D eigenvalue weighted by molar-refractivity contribution is 5.98. The standard InChI is InChI=1S/C41H44N8O7/c1-23(43-40(52)54-2)38(50)48-15-5-8-33(48)36-42-21-32(46-36)29-12-11-25-18-26(9-10-27(25)19-29)28-13-14-30-31(20-28)45-37(44-30)34-22-56-17-16-49(34)39(51)35(24-6-4-7-24)47-41(53)55-3/h9-14,18-21,23,33-34H,4-8,15-17,22H2,1-3H3,(H,42,46)(H,43,52)(H,44,45)(H,47,53)/t23-,33-,34-/m0/s1. The fraction of sp³-hybridized carbons (Fsp3) is 0.366. The summed E-state index contributed by atoms with van der Waals surface area (Å²) in [6.07, 6.45) is 4.61. The Morgan fingerprint density at radius 1 is 0.839 bits per heavy atom. The molecule has 4 N–H and O–H groups in total. The third-order valence-corrected chi connectivity index (χ3v) is 11.0. The number of hydrogen-bond acceptors (Lipinski definition) is 9. The van der Waals surface area contributed by atoms with E-state index in [2.05, 4.69) is 72.8 Å². The Morgan fingerprint density at radius 3 is 2.32 bits per heavy atom. The fourth-order valence-corrected chi connectivity index (χ4v) is 7.74. The maximum Gasteiger partial charge on any atom is 0.411 e. The van der Waals surface area contributed by atoms with Crippen LogP contribution in [0.2, 0.25) is 0 Å². The number of aromatic nitrogens is 4. The second kappa shape index (κ2) is 15.5. The van der Waals surface area contributed by atoms with Crippen LogP contribution >= 0.6 is 0 Å². The number of morpholine rings is 1. The Hall–Kier alpha value is -6.22. The Bertz CT molecular complexity index is 2360. The van der Waals surface area contributed by atoms with Gasteiger partial charge in [0.25, 0.3) is 5.91 Å². The summed E-state index contributed by atoms with van der Waals surface area (Å²) in [6, 6.07) is 17.3. The first-order valence-electron chi connectivity index (χ1n) is 18.9. The van der Waals surface area contributed by atoms with Gasteiger partial charge >= 0.3 is 12.2 Å². The van der Waals surface area contributed by atoms with Gasteiger partial charge in [0.2, 0.25) is 5.91 Å². The van der Waals surface area contributed by atoms with Crippen LogP contribution in [-0.2, 0) is 23.8 Å². The van der Waals surface area contributed by atoms with Gasteiger partial charge in [0.15, 0.2) is 0 Å². The summed E-state index contributed by atoms with van der Waals surface area (Å²) in [7, 11) is 2.55. The van der Waals surface area contributed by atoms with Crippen molar-refractivity contribution in [2.75, 3.05) is 40.5 Å². The van der Waals surface area contributed by atoms with Crippen LogP contribution in [-0.4, -0.2) is 100 Å². The van der Waals surface area contributed by atoms with Gasteiger partial charge in [0.1, 0.15) is 29.4 Å². The number of nitrogens with zero attached hydrogens (tertiary/aromatic N) is 4. The van der Waals surface area contributed by atoms with Gasteiger partial charge in [-0.3, -0.25) is 14.9 Å². The van der Waals surface area contributed by atoms with Gasteiger partial charge in [-0.15, -0.1) is 0 Å². The van der Waals surface area contributed by atoms with Crippen molar-refractivity contribution in [3.05, 3.63) is 83.7 Å². The van der Waals surface area contributed by atoms with Crippen LogP contribution in [0.15, 0.2) is 72.1 Å². The van der Waals surface area contributed by atoms with Crippen LogP contribution in [0, 0.1) is 0 Å². The van der Waals surface area contributed by atoms with E-state index in [0.29, 0.717) is 31.3 Å². The molecule has 0 spiro atoms. The highest BCUT2D eigenvalue weighted by atomic mass is 16.5. The minimum atomic E-state index is -0.714. The average molecular weight is 761 g/mol. The summed E-state index contributed by atoms with van der Waals surface area (Å²) in [6.45, 7) is 3.27. The molecule has 1 saturated carbocycles. The first-order chi connectivity index (χ1) is 27.2. The third-order valence-electron chi connectivity index (χ3n) is 11.0. The number of nitrogens with one attached hydrogen (secondary N) is 4. The van der Waals surface area contributed by atoms with Gasteiger partial charge in [0.05, 0.1) is 56.4 Å². The number of amides is 4. The molecule has 2 aromatic heterocycles. The van der Waals surface area contributed by atoms with E-state index < -0.39 is 24.3 Å². The van der Waals surface area contributed by atoms with Crippen molar-refractivity contribution in [2.45, 2.75) is 57.2 Å². The minimum Gasteiger partial charge on any atom is -0.453 e. The zero-order valence-electron chi connectivity index (χ0n) is 31.5. The predicted octanol–water partition coefficient (Wildman–Crippen LogP) is 5.88. The molecule has 0 bridgehead atoms. The van der Waals surface area contributed by atoms with Crippen LogP contribution in [0.4, 0.5) is 9.59 Å². The van der Waals surface area contributed by atoms with Crippen LogP contribution in [0.3, 0.4) is 0 Å². The van der Waals surface area contributed by atoms with Crippen LogP contribution in [0.5, 0.6) is 0 Å². The van der Waals surface area contributed by atoms with Gasteiger partial charge in [0, 0.05) is 18.7 Å². The predicted molar refractivity (Wildman–Crippen MR) is 207 cm³/mol. The SMILES string of the molecule is COC(=O)NC(C(=O)N1CCOC[C@H]1c1nc2ccc(-c3ccc4cc(-c5cnc([C@@H]6CCCN6C(=O)[C@H](C)NC(=O)OC)[nH]5)ccc4c3)cc2[nH]1)=C1CCC1. The number of hydrogen-bond donors (Lipinski definition) is 4. The van der Waals surface area contributed by atoms with E-state index in [4.69, 9.17) is 14.5 Å². The van der Waals surface area contributed by atoms with Gasteiger partial charge < -0.3 is 39.3 Å². The molecule has 3 aliphatic rings. The molecule has 290 valence electrons. The number of fused-ring (bicyclic) bond motifs is 2. The van der Waals surface area contributed by atoms with Crippen molar-refractivity contribution in [3.8, 4) is 22.4 Å². The lowest BCUT2D eigenvalue weighted by molar-refractivity contribution is -0.137. The molecular formula is C41H44N8O7. The van der Waals surface area contributed by atoms with Gasteiger partial charge in [-0.05, 0) is 90.8 Å². The van der Waals surface area contributed by atoms with Gasteiger partial charge in [-0.25, -0.2) is 19.6 Å². The smallest absolute Gasteiger partial charge is 0.411 e. The summed E-state index contributed by atoms with van der Waals surface area (Å²) >= 11 is 0. The van der Waals surface area contributed by atoms with Crippen molar-refractivity contribution in [3.63, 3.8) is 0 Å². The molecule has 2 aliphatic heterocycles. The zero-order valence-corrected chi connectivity index (χ0v) is 31.5. The van der Waals surface area contributed by atoms with E-state index in [1.54, 1.807) is 22.9 Å². The molecule has 2 saturated heterocycles. The second-order valence-corrected chi connectivity index (χ2v) is 14.4. The van der Waals surface area contributed by atoms with Crippen molar-refractivity contribution in [1.82, 2.24) is 40.4 Å². The Labute approximate surface area is 322 Å². The van der Waals surface area contributed by atoms with Gasteiger partial charge in [-0.2, -0.15) is 0 Å². The number of likely N-dealkylation sites (tertiary alicyclic amines) is 1. The summed E-state index contributed by atoms with van der Waals surface area (Å²) in [5, 5.41) is 7.36. The van der Waals surface area contributed by atoms with Crippen molar-refractivity contribution in [2.24, 2.45) is 0 Å². The molecule has 15 nitrogen and oxygen atoms in total. The highest BCUT2D eigenvalue weighted by Gasteiger charge is 2.36. The van der Waals surface area contributed by atoms with E-state index in [-0.39, 0.29) is 30.2 Å². The lowest BCUT2D eigenvalue weighted by atomic mass is 9.90. The number of aromatic amines is 2. The number of benzene rings is 3. The quantitative estimate of drug-likeness (QED) is 0.140. The first kappa shape index (κ1) is 36.7. The number of imidazole rings is 2. The van der Waals surface area contributed by atoms with Crippen molar-refractivity contribution in [1.29, 1.82) is 0 Å². The molecule has 3 atom stereocenters. The molecule has 1 aliphatic carbocycles. The van der Waals surface area contributed by atoms with Crippen LogP contribution in [0.1, 0.15) is 62.8 Å². The largest absolute Gasteiger partial charge is 0.453 e. The molecular weight excluding hydrogens is 716 g/mol. The van der Waals surface area contributed by atoms with Gasteiger partial charge in [-0.1, -0.05) is 30.3 Å². The number of carbonyl (C=O) groups is 4. The molecule has 56 heavy (non-hydrogen) atoms. The first-order valence-corrected chi connectivity index (χ1v) is 18.9. The second-order valence-electron chi connectivity index (χ2n) is 14.4. The summed E-state index contributed by atoms with van der Waals surface area (Å²) in [5.74, 6) is 0.890. The molecule has 3 fully saturated rings. The number of ether oxygens (including phenoxy) is 3. The number of methoxy groups -OCH3 is 2. The number of rotatable bonds is 8. The monoisotopic (exact) mass is 760 g/mol. The van der Waals surface area contributed by atoms with Crippen LogP contribution < -0.4 is 10.6 Å². The molecule has 4 amide bonds.